The Morgan fingerprint density at radius 3 is 2.69 bits per heavy atom. The predicted octanol–water partition coefficient (Wildman–Crippen LogP) is 2.70. The molecule has 0 aliphatic carbocycles. The van der Waals surface area contributed by atoms with E-state index < -0.39 is 0 Å². The maximum absolute atomic E-state index is 5.23. The largest absolute Gasteiger partial charge is 0.497 e. The molecule has 0 amide bonds. The number of guanidine groups is 1. The van der Waals surface area contributed by atoms with Crippen molar-refractivity contribution in [2.75, 3.05) is 26.0 Å². The molecule has 1 fully saturated rings. The topological polar surface area (TPSA) is 76.4 Å². The van der Waals surface area contributed by atoms with Crippen molar-refractivity contribution in [2.45, 2.75) is 44.4 Å². The lowest BCUT2D eigenvalue weighted by Crippen LogP contribution is -2.44. The Bertz CT molecular complexity index is 811. The minimum atomic E-state index is 0.278. The van der Waals surface area contributed by atoms with Gasteiger partial charge in [-0.25, -0.2) is 4.99 Å². The lowest BCUT2D eigenvalue weighted by molar-refractivity contribution is 0.414. The number of aryl methyl sites for hydroxylation is 1. The van der Waals surface area contributed by atoms with Gasteiger partial charge in [-0.15, -0.1) is 10.2 Å². The molecule has 1 aliphatic rings. The highest BCUT2D eigenvalue weighted by Crippen LogP contribution is 2.36. The molecule has 1 atom stereocenters. The first kappa shape index (κ1) is 21.5. The molecule has 1 unspecified atom stereocenters. The molecule has 8 heteroatoms. The van der Waals surface area contributed by atoms with Crippen molar-refractivity contribution < 1.29 is 4.74 Å². The van der Waals surface area contributed by atoms with Gasteiger partial charge in [-0.2, -0.15) is 11.8 Å². The minimum absolute atomic E-state index is 0.278. The normalized spacial score (nSPS) is 19.4. The monoisotopic (exact) mass is 416 g/mol. The van der Waals surface area contributed by atoms with Crippen LogP contribution < -0.4 is 15.4 Å². The van der Waals surface area contributed by atoms with Gasteiger partial charge in [0.2, 0.25) is 0 Å². The zero-order chi connectivity index (χ0) is 20.7. The molecular weight excluding hydrogens is 384 g/mol. The number of benzene rings is 1. The standard InChI is InChI=1S/C21H32N6OS/c1-16-25-26-19(27(16)3)14-23-20(24-15-21(2)11-5-13-29-21)22-12-10-17-6-8-18(28-4)9-7-17/h6-9H,5,10-15H2,1-4H3,(H2,22,23,24). The third kappa shape index (κ3) is 6.13. The van der Waals surface area contributed by atoms with Gasteiger partial charge < -0.3 is 19.9 Å². The first-order valence-corrected chi connectivity index (χ1v) is 11.1. The van der Waals surface area contributed by atoms with Crippen LogP contribution in [0, 0.1) is 6.92 Å². The number of thioether (sulfide) groups is 1. The molecule has 0 radical (unpaired) electrons. The second-order valence-electron chi connectivity index (χ2n) is 7.67. The molecular formula is C21H32N6OS. The van der Waals surface area contributed by atoms with E-state index in [1.165, 1.54) is 24.2 Å². The van der Waals surface area contributed by atoms with Crippen LogP contribution in [0.1, 0.15) is 37.0 Å². The summed E-state index contributed by atoms with van der Waals surface area (Å²) in [4.78, 5) is 4.76. The third-order valence-corrected chi connectivity index (χ3v) is 6.89. The van der Waals surface area contributed by atoms with Crippen LogP contribution in [0.15, 0.2) is 29.3 Å². The van der Waals surface area contributed by atoms with Gasteiger partial charge in [0.1, 0.15) is 18.1 Å². The fraction of sp³-hybridized carbons (Fsp3) is 0.571. The zero-order valence-electron chi connectivity index (χ0n) is 17.9. The van der Waals surface area contributed by atoms with Crippen molar-refractivity contribution in [2.24, 2.45) is 12.0 Å². The van der Waals surface area contributed by atoms with E-state index in [-0.39, 0.29) is 4.75 Å². The molecule has 2 heterocycles. The molecule has 1 aliphatic heterocycles. The van der Waals surface area contributed by atoms with Crippen LogP contribution in [0.3, 0.4) is 0 Å². The van der Waals surface area contributed by atoms with Crippen LogP contribution in [0.5, 0.6) is 5.75 Å². The van der Waals surface area contributed by atoms with Crippen molar-refractivity contribution >= 4 is 17.7 Å². The van der Waals surface area contributed by atoms with Gasteiger partial charge in [0.25, 0.3) is 0 Å². The highest BCUT2D eigenvalue weighted by Gasteiger charge is 2.29. The second-order valence-corrected chi connectivity index (χ2v) is 9.35. The molecule has 1 saturated heterocycles. The summed E-state index contributed by atoms with van der Waals surface area (Å²) in [6.45, 7) is 6.49. The first-order chi connectivity index (χ1) is 14.0. The Morgan fingerprint density at radius 1 is 1.28 bits per heavy atom. The SMILES string of the molecule is COc1ccc(CCNC(=NCc2nnc(C)n2C)NCC2(C)CCCS2)cc1. The van der Waals surface area contributed by atoms with E-state index in [0.717, 1.165) is 42.9 Å². The summed E-state index contributed by atoms with van der Waals surface area (Å²) >= 11 is 2.05. The molecule has 0 spiro atoms. The Hall–Kier alpha value is -2.22. The Morgan fingerprint density at radius 2 is 2.07 bits per heavy atom. The summed E-state index contributed by atoms with van der Waals surface area (Å²) in [5.41, 5.74) is 1.26. The summed E-state index contributed by atoms with van der Waals surface area (Å²) in [5, 5.41) is 15.4. The van der Waals surface area contributed by atoms with Crippen LogP contribution in [0.25, 0.3) is 0 Å². The fourth-order valence-electron chi connectivity index (χ4n) is 3.28. The lowest BCUT2D eigenvalue weighted by atomic mass is 10.1. The van der Waals surface area contributed by atoms with Gasteiger partial charge in [0.15, 0.2) is 11.8 Å². The number of aliphatic imine (C=N–C) groups is 1. The van der Waals surface area contributed by atoms with Crippen LogP contribution in [-0.2, 0) is 20.0 Å². The van der Waals surface area contributed by atoms with Gasteiger partial charge in [-0.05, 0) is 56.6 Å². The van der Waals surface area contributed by atoms with Crippen LogP contribution in [0.2, 0.25) is 0 Å². The van der Waals surface area contributed by atoms with Gasteiger partial charge in [-0.3, -0.25) is 0 Å². The summed E-state index contributed by atoms with van der Waals surface area (Å²) < 4.78 is 7.48. The number of aromatic nitrogens is 3. The number of rotatable bonds is 8. The number of nitrogens with one attached hydrogen (secondary N) is 2. The van der Waals surface area contributed by atoms with Crippen LogP contribution in [0.4, 0.5) is 0 Å². The van der Waals surface area contributed by atoms with Crippen molar-refractivity contribution in [1.82, 2.24) is 25.4 Å². The highest BCUT2D eigenvalue weighted by atomic mass is 32.2. The van der Waals surface area contributed by atoms with Gasteiger partial charge in [0, 0.05) is 24.9 Å². The number of methoxy groups -OCH3 is 1. The quantitative estimate of drug-likeness (QED) is 0.509. The molecule has 3 rings (SSSR count). The molecule has 1 aromatic heterocycles. The van der Waals surface area contributed by atoms with Crippen molar-refractivity contribution in [3.05, 3.63) is 41.5 Å². The molecule has 29 heavy (non-hydrogen) atoms. The molecule has 0 saturated carbocycles. The van der Waals surface area contributed by atoms with Gasteiger partial charge >= 0.3 is 0 Å². The summed E-state index contributed by atoms with van der Waals surface area (Å²) in [5.74, 6) is 4.71. The van der Waals surface area contributed by atoms with E-state index in [4.69, 9.17) is 9.73 Å². The second kappa shape index (κ2) is 10.0. The molecule has 0 bridgehead atoms. The molecule has 7 nitrogen and oxygen atoms in total. The number of nitrogens with zero attached hydrogens (tertiary/aromatic N) is 4. The lowest BCUT2D eigenvalue weighted by Gasteiger charge is -2.24. The molecule has 2 aromatic rings. The molecule has 1 aromatic carbocycles. The van der Waals surface area contributed by atoms with E-state index >= 15 is 0 Å². The van der Waals surface area contributed by atoms with E-state index in [1.807, 2.05) is 42.4 Å². The fourth-order valence-corrected chi connectivity index (χ4v) is 4.52. The third-order valence-electron chi connectivity index (χ3n) is 5.36. The average Bonchev–Trinajstić information content (AvgIpc) is 3.30. The Kier molecular flexibility index (Phi) is 7.41. The van der Waals surface area contributed by atoms with Crippen molar-refractivity contribution in [1.29, 1.82) is 0 Å². The van der Waals surface area contributed by atoms with Crippen LogP contribution in [-0.4, -0.2) is 51.4 Å². The van der Waals surface area contributed by atoms with Crippen LogP contribution >= 0.6 is 11.8 Å². The maximum Gasteiger partial charge on any atom is 0.191 e. The molecule has 158 valence electrons. The van der Waals surface area contributed by atoms with E-state index in [9.17, 15) is 0 Å². The van der Waals surface area contributed by atoms with Crippen molar-refractivity contribution in [3.8, 4) is 5.75 Å². The van der Waals surface area contributed by atoms with E-state index in [0.29, 0.717) is 6.54 Å². The Balaban J connectivity index is 1.59. The average molecular weight is 417 g/mol. The Labute approximate surface area is 177 Å². The van der Waals surface area contributed by atoms with Crippen molar-refractivity contribution in [3.63, 3.8) is 0 Å². The number of hydrogen-bond acceptors (Lipinski definition) is 5. The van der Waals surface area contributed by atoms with E-state index in [2.05, 4.69) is 39.9 Å². The predicted molar refractivity (Wildman–Crippen MR) is 120 cm³/mol. The summed E-state index contributed by atoms with van der Waals surface area (Å²) in [6.07, 6.45) is 3.45. The number of hydrogen-bond donors (Lipinski definition) is 2. The first-order valence-electron chi connectivity index (χ1n) is 10.1. The zero-order valence-corrected chi connectivity index (χ0v) is 18.7. The van der Waals surface area contributed by atoms with Gasteiger partial charge in [-0.1, -0.05) is 12.1 Å². The summed E-state index contributed by atoms with van der Waals surface area (Å²) in [7, 11) is 3.66. The van der Waals surface area contributed by atoms with Gasteiger partial charge in [0.05, 0.1) is 7.11 Å². The van der Waals surface area contributed by atoms with E-state index in [1.54, 1.807) is 7.11 Å². The molecule has 2 N–H and O–H groups in total. The minimum Gasteiger partial charge on any atom is -0.497 e. The maximum atomic E-state index is 5.23. The number of ether oxygens (including phenoxy) is 1. The summed E-state index contributed by atoms with van der Waals surface area (Å²) in [6, 6.07) is 8.20. The highest BCUT2D eigenvalue weighted by molar-refractivity contribution is 8.00. The smallest absolute Gasteiger partial charge is 0.191 e.